The highest BCUT2D eigenvalue weighted by Crippen LogP contribution is 2.15. The summed E-state index contributed by atoms with van der Waals surface area (Å²) >= 11 is 0. The van der Waals surface area contributed by atoms with Crippen LogP contribution in [0.3, 0.4) is 0 Å². The molecule has 2 rings (SSSR count). The number of para-hydroxylation sites is 1. The van der Waals surface area contributed by atoms with Gasteiger partial charge in [0.15, 0.2) is 5.43 Å². The van der Waals surface area contributed by atoms with Crippen LogP contribution in [0.1, 0.15) is 28.5 Å². The first-order valence-electron chi connectivity index (χ1n) is 6.91. The first-order chi connectivity index (χ1) is 10.1. The van der Waals surface area contributed by atoms with Crippen LogP contribution in [0.25, 0.3) is 0 Å². The molecule has 0 radical (unpaired) electrons. The van der Waals surface area contributed by atoms with Crippen LogP contribution < -0.4 is 16.1 Å². The van der Waals surface area contributed by atoms with Crippen LogP contribution in [0, 0.1) is 6.92 Å². The number of amides is 1. The molecule has 0 aliphatic rings. The summed E-state index contributed by atoms with van der Waals surface area (Å²) in [4.78, 5) is 26.9. The van der Waals surface area contributed by atoms with Crippen molar-refractivity contribution in [3.8, 4) is 0 Å². The summed E-state index contributed by atoms with van der Waals surface area (Å²) < 4.78 is 0. The number of carbonyl (C=O) groups is 1. The summed E-state index contributed by atoms with van der Waals surface area (Å²) in [7, 11) is 0. The van der Waals surface area contributed by atoms with Gasteiger partial charge in [-0.25, -0.2) is 0 Å². The quantitative estimate of drug-likeness (QED) is 0.787. The number of carbonyl (C=O) groups excluding carboxylic acids is 1. The molecule has 1 aromatic heterocycles. The Bertz CT molecular complexity index is 692. The topological polar surface area (TPSA) is 74.0 Å². The molecule has 0 atom stereocenters. The minimum absolute atomic E-state index is 0.110. The molecule has 0 bridgehead atoms. The summed E-state index contributed by atoms with van der Waals surface area (Å²) in [6.07, 6.45) is 1.44. The molecule has 1 aromatic carbocycles. The van der Waals surface area contributed by atoms with E-state index in [2.05, 4.69) is 15.6 Å². The third-order valence-electron chi connectivity index (χ3n) is 3.13. The summed E-state index contributed by atoms with van der Waals surface area (Å²) in [6, 6.07) is 8.95. The van der Waals surface area contributed by atoms with Crippen LogP contribution in [0.2, 0.25) is 0 Å². The minimum Gasteiger partial charge on any atom is -0.364 e. The van der Waals surface area contributed by atoms with Gasteiger partial charge in [0.2, 0.25) is 0 Å². The number of anilines is 1. The van der Waals surface area contributed by atoms with Crippen molar-refractivity contribution in [2.45, 2.75) is 20.4 Å². The number of pyridine rings is 1. The van der Waals surface area contributed by atoms with Gasteiger partial charge in [-0.05, 0) is 25.1 Å². The fourth-order valence-electron chi connectivity index (χ4n) is 2.00. The normalized spacial score (nSPS) is 10.4. The second kappa shape index (κ2) is 6.85. The lowest BCUT2D eigenvalue weighted by molar-refractivity contribution is 0.102. The van der Waals surface area contributed by atoms with E-state index in [4.69, 9.17) is 0 Å². The molecule has 0 saturated carbocycles. The lowest BCUT2D eigenvalue weighted by Crippen LogP contribution is -2.23. The van der Waals surface area contributed by atoms with Gasteiger partial charge in [-0.1, -0.05) is 25.1 Å². The molecule has 0 unspecified atom stereocenters. The van der Waals surface area contributed by atoms with Gasteiger partial charge in [-0.2, -0.15) is 0 Å². The predicted octanol–water partition coefficient (Wildman–Crippen LogP) is 2.05. The number of hydrogen-bond donors (Lipinski definition) is 3. The molecule has 1 amide bonds. The third-order valence-corrected chi connectivity index (χ3v) is 3.13. The van der Waals surface area contributed by atoms with Gasteiger partial charge in [0.25, 0.3) is 5.91 Å². The van der Waals surface area contributed by atoms with Gasteiger partial charge >= 0.3 is 0 Å². The van der Waals surface area contributed by atoms with Crippen LogP contribution in [-0.2, 0) is 6.54 Å². The van der Waals surface area contributed by atoms with E-state index >= 15 is 0 Å². The van der Waals surface area contributed by atoms with Crippen LogP contribution in [0.5, 0.6) is 0 Å². The number of aryl methyl sites for hydroxylation is 1. The average Bonchev–Trinajstić information content (AvgIpc) is 2.46. The number of aromatic amines is 1. The second-order valence-corrected chi connectivity index (χ2v) is 4.79. The fourth-order valence-corrected chi connectivity index (χ4v) is 2.00. The van der Waals surface area contributed by atoms with Crippen molar-refractivity contribution >= 4 is 11.6 Å². The Balaban J connectivity index is 2.21. The number of benzene rings is 1. The van der Waals surface area contributed by atoms with E-state index in [0.717, 1.165) is 17.8 Å². The zero-order valence-electron chi connectivity index (χ0n) is 12.2. The van der Waals surface area contributed by atoms with E-state index in [0.29, 0.717) is 12.2 Å². The van der Waals surface area contributed by atoms with Crippen LogP contribution >= 0.6 is 0 Å². The Kier molecular flexibility index (Phi) is 4.90. The van der Waals surface area contributed by atoms with Crippen molar-refractivity contribution in [1.82, 2.24) is 10.3 Å². The maximum absolute atomic E-state index is 12.2. The molecule has 0 fully saturated rings. The van der Waals surface area contributed by atoms with E-state index < -0.39 is 5.91 Å². The van der Waals surface area contributed by atoms with E-state index in [1.807, 2.05) is 31.2 Å². The lowest BCUT2D eigenvalue weighted by atomic mass is 10.1. The molecule has 5 heteroatoms. The van der Waals surface area contributed by atoms with Crippen molar-refractivity contribution in [1.29, 1.82) is 0 Å². The van der Waals surface area contributed by atoms with Gasteiger partial charge in [-0.3, -0.25) is 9.59 Å². The second-order valence-electron chi connectivity index (χ2n) is 4.79. The van der Waals surface area contributed by atoms with E-state index in [1.54, 1.807) is 6.92 Å². The van der Waals surface area contributed by atoms with Crippen molar-refractivity contribution in [2.75, 3.05) is 11.9 Å². The highest BCUT2D eigenvalue weighted by atomic mass is 16.2. The molecule has 0 spiro atoms. The molecule has 110 valence electrons. The maximum atomic E-state index is 12.2. The number of rotatable bonds is 5. The maximum Gasteiger partial charge on any atom is 0.261 e. The standard InChI is InChI=1S/C16H19N3O2/c1-3-17-9-12-6-4-5-7-14(12)19-16(21)13-10-18-11(2)8-15(13)20/h4-8,10,17H,3,9H2,1-2H3,(H,18,20)(H,19,21). The van der Waals surface area contributed by atoms with E-state index in [9.17, 15) is 9.59 Å². The first-order valence-corrected chi connectivity index (χ1v) is 6.91. The van der Waals surface area contributed by atoms with Gasteiger partial charge < -0.3 is 15.6 Å². The van der Waals surface area contributed by atoms with Crippen molar-refractivity contribution in [3.05, 3.63) is 63.6 Å². The smallest absolute Gasteiger partial charge is 0.261 e. The molecule has 21 heavy (non-hydrogen) atoms. The largest absolute Gasteiger partial charge is 0.364 e. The van der Waals surface area contributed by atoms with Crippen molar-refractivity contribution in [3.63, 3.8) is 0 Å². The van der Waals surface area contributed by atoms with Crippen LogP contribution in [-0.4, -0.2) is 17.4 Å². The minimum atomic E-state index is -0.403. The molecule has 0 aliphatic heterocycles. The highest BCUT2D eigenvalue weighted by molar-refractivity contribution is 6.04. The zero-order chi connectivity index (χ0) is 15.2. The summed E-state index contributed by atoms with van der Waals surface area (Å²) in [5.74, 6) is -0.403. The molecular weight excluding hydrogens is 266 g/mol. The van der Waals surface area contributed by atoms with Crippen LogP contribution in [0.15, 0.2) is 41.3 Å². The highest BCUT2D eigenvalue weighted by Gasteiger charge is 2.12. The number of nitrogens with one attached hydrogen (secondary N) is 3. The van der Waals surface area contributed by atoms with Gasteiger partial charge in [0.05, 0.1) is 0 Å². The summed E-state index contributed by atoms with van der Waals surface area (Å²) in [5.41, 5.74) is 2.25. The summed E-state index contributed by atoms with van der Waals surface area (Å²) in [5, 5.41) is 6.01. The van der Waals surface area contributed by atoms with Gasteiger partial charge in [0, 0.05) is 30.2 Å². The number of aromatic nitrogens is 1. The van der Waals surface area contributed by atoms with Crippen LogP contribution in [0.4, 0.5) is 5.69 Å². The van der Waals surface area contributed by atoms with E-state index in [-0.39, 0.29) is 11.0 Å². The third kappa shape index (κ3) is 3.79. The molecule has 0 aliphatic carbocycles. The Labute approximate surface area is 123 Å². The predicted molar refractivity (Wildman–Crippen MR) is 83.6 cm³/mol. The SMILES string of the molecule is CCNCc1ccccc1NC(=O)c1c[nH]c(C)cc1=O. The molecule has 3 N–H and O–H groups in total. The molecule has 5 nitrogen and oxygen atoms in total. The fraction of sp³-hybridized carbons (Fsp3) is 0.250. The molecule has 2 aromatic rings. The van der Waals surface area contributed by atoms with Crippen molar-refractivity contribution in [2.24, 2.45) is 0 Å². The Morgan fingerprint density at radius 3 is 2.76 bits per heavy atom. The Hall–Kier alpha value is -2.40. The molecular formula is C16H19N3O2. The molecule has 0 saturated heterocycles. The van der Waals surface area contributed by atoms with Crippen molar-refractivity contribution < 1.29 is 4.79 Å². The molecule has 1 heterocycles. The lowest BCUT2D eigenvalue weighted by Gasteiger charge is -2.11. The average molecular weight is 285 g/mol. The Morgan fingerprint density at radius 1 is 1.29 bits per heavy atom. The van der Waals surface area contributed by atoms with E-state index in [1.165, 1.54) is 12.3 Å². The number of H-pyrrole nitrogens is 1. The summed E-state index contributed by atoms with van der Waals surface area (Å²) in [6.45, 7) is 5.30. The zero-order valence-corrected chi connectivity index (χ0v) is 12.2. The first kappa shape index (κ1) is 15.0. The van der Waals surface area contributed by atoms with Gasteiger partial charge in [0.1, 0.15) is 5.56 Å². The number of hydrogen-bond acceptors (Lipinski definition) is 3. The monoisotopic (exact) mass is 285 g/mol. The van der Waals surface area contributed by atoms with Gasteiger partial charge in [-0.15, -0.1) is 0 Å². The Morgan fingerprint density at radius 2 is 2.05 bits per heavy atom.